The van der Waals surface area contributed by atoms with Crippen LogP contribution in [0.3, 0.4) is 0 Å². The molecule has 6 heteroatoms. The van der Waals surface area contributed by atoms with Crippen LogP contribution in [0.25, 0.3) is 0 Å². The van der Waals surface area contributed by atoms with Gasteiger partial charge in [0.25, 0.3) is 5.69 Å². The highest BCUT2D eigenvalue weighted by atomic mass is 16.6. The van der Waals surface area contributed by atoms with Gasteiger partial charge in [0.2, 0.25) is 0 Å². The minimum Gasteiger partial charge on any atom is -0.477 e. The summed E-state index contributed by atoms with van der Waals surface area (Å²) in [5.41, 5.74) is -0.258. The molecule has 0 unspecified atom stereocenters. The number of aromatic nitrogens is 1. The monoisotopic (exact) mass is 224 g/mol. The highest BCUT2D eigenvalue weighted by Gasteiger charge is 2.17. The molecule has 86 valence electrons. The second-order valence-corrected chi connectivity index (χ2v) is 3.27. The average Bonchev–Trinajstić information content (AvgIpc) is 2.62. The lowest BCUT2D eigenvalue weighted by molar-refractivity contribution is -0.384. The van der Waals surface area contributed by atoms with E-state index in [1.54, 1.807) is 6.08 Å². The van der Waals surface area contributed by atoms with E-state index < -0.39 is 10.9 Å². The molecule has 6 nitrogen and oxygen atoms in total. The fraction of sp³-hybridized carbons (Fsp3) is 0.300. The first kappa shape index (κ1) is 12.0. The maximum atomic E-state index is 10.8. The molecule has 0 aliphatic carbocycles. The first-order valence-corrected chi connectivity index (χ1v) is 4.75. The van der Waals surface area contributed by atoms with Gasteiger partial charge in [0, 0.05) is 12.6 Å². The molecule has 0 bridgehead atoms. The zero-order valence-corrected chi connectivity index (χ0v) is 8.63. The van der Waals surface area contributed by atoms with Crippen LogP contribution in [-0.2, 0) is 6.54 Å². The molecule has 0 aromatic carbocycles. The maximum Gasteiger partial charge on any atom is 0.352 e. The zero-order valence-electron chi connectivity index (χ0n) is 8.63. The molecule has 0 saturated heterocycles. The van der Waals surface area contributed by atoms with E-state index in [0.29, 0.717) is 13.0 Å². The molecule has 1 heterocycles. The van der Waals surface area contributed by atoms with Gasteiger partial charge in [-0.05, 0) is 12.8 Å². The van der Waals surface area contributed by atoms with Crippen molar-refractivity contribution in [1.82, 2.24) is 4.57 Å². The van der Waals surface area contributed by atoms with Gasteiger partial charge in [-0.2, -0.15) is 0 Å². The van der Waals surface area contributed by atoms with Gasteiger partial charge in [0.05, 0.1) is 11.1 Å². The van der Waals surface area contributed by atoms with E-state index in [9.17, 15) is 14.9 Å². The van der Waals surface area contributed by atoms with Crippen LogP contribution in [0.2, 0.25) is 0 Å². The number of aromatic carboxylic acids is 1. The largest absolute Gasteiger partial charge is 0.477 e. The molecule has 0 aliphatic rings. The highest BCUT2D eigenvalue weighted by Crippen LogP contribution is 2.17. The number of aryl methyl sites for hydroxylation is 1. The second-order valence-electron chi connectivity index (χ2n) is 3.27. The molecule has 0 spiro atoms. The Hall–Kier alpha value is -2.11. The van der Waals surface area contributed by atoms with Crippen molar-refractivity contribution in [3.8, 4) is 0 Å². The third-order valence-electron chi connectivity index (χ3n) is 2.12. The summed E-state index contributed by atoms with van der Waals surface area (Å²) in [6.45, 7) is 3.98. The maximum absolute atomic E-state index is 10.8. The van der Waals surface area contributed by atoms with Gasteiger partial charge in [-0.15, -0.1) is 6.58 Å². The number of rotatable bonds is 6. The molecule has 1 N–H and O–H groups in total. The molecule has 1 aromatic heterocycles. The normalized spacial score (nSPS) is 10.0. The van der Waals surface area contributed by atoms with Crippen molar-refractivity contribution >= 4 is 11.7 Å². The van der Waals surface area contributed by atoms with E-state index in [0.717, 1.165) is 12.5 Å². The van der Waals surface area contributed by atoms with Crippen molar-refractivity contribution < 1.29 is 14.8 Å². The quantitative estimate of drug-likeness (QED) is 0.347. The summed E-state index contributed by atoms with van der Waals surface area (Å²) in [7, 11) is 0. The lowest BCUT2D eigenvalue weighted by Gasteiger charge is -2.03. The van der Waals surface area contributed by atoms with E-state index in [1.807, 2.05) is 0 Å². The summed E-state index contributed by atoms with van der Waals surface area (Å²) in [6.07, 6.45) is 4.41. The Kier molecular flexibility index (Phi) is 3.82. The van der Waals surface area contributed by atoms with Crippen LogP contribution in [0, 0.1) is 10.1 Å². The average molecular weight is 224 g/mol. The van der Waals surface area contributed by atoms with Crippen molar-refractivity contribution in [2.45, 2.75) is 19.4 Å². The molecule has 1 aromatic rings. The predicted molar refractivity (Wildman–Crippen MR) is 57.5 cm³/mol. The Balaban J connectivity index is 2.91. The van der Waals surface area contributed by atoms with E-state index in [1.165, 1.54) is 10.8 Å². The summed E-state index contributed by atoms with van der Waals surface area (Å²) in [6, 6.07) is 1.07. The van der Waals surface area contributed by atoms with Crippen LogP contribution in [0.15, 0.2) is 24.9 Å². The van der Waals surface area contributed by atoms with Crippen LogP contribution in [0.1, 0.15) is 23.3 Å². The van der Waals surface area contributed by atoms with Crippen molar-refractivity contribution in [3.05, 3.63) is 40.7 Å². The van der Waals surface area contributed by atoms with E-state index in [2.05, 4.69) is 6.58 Å². The SMILES string of the molecule is C=CCCCn1cc([N+](=O)[O-])cc1C(=O)O. The third kappa shape index (κ3) is 2.69. The van der Waals surface area contributed by atoms with Crippen LogP contribution < -0.4 is 0 Å². The fourth-order valence-electron chi connectivity index (χ4n) is 1.36. The van der Waals surface area contributed by atoms with Crippen molar-refractivity contribution in [1.29, 1.82) is 0 Å². The number of hydrogen-bond acceptors (Lipinski definition) is 3. The Morgan fingerprint density at radius 3 is 2.88 bits per heavy atom. The number of nitro groups is 1. The zero-order chi connectivity index (χ0) is 12.1. The Morgan fingerprint density at radius 1 is 1.69 bits per heavy atom. The van der Waals surface area contributed by atoms with Gasteiger partial charge in [0.1, 0.15) is 5.69 Å². The van der Waals surface area contributed by atoms with Gasteiger partial charge in [0.15, 0.2) is 0 Å². The van der Waals surface area contributed by atoms with Crippen LogP contribution >= 0.6 is 0 Å². The van der Waals surface area contributed by atoms with Crippen LogP contribution in [-0.4, -0.2) is 20.6 Å². The fourth-order valence-corrected chi connectivity index (χ4v) is 1.36. The molecular weight excluding hydrogens is 212 g/mol. The van der Waals surface area contributed by atoms with E-state index in [-0.39, 0.29) is 11.4 Å². The topological polar surface area (TPSA) is 85.4 Å². The molecule has 0 atom stereocenters. The molecule has 0 radical (unpaired) electrons. The first-order chi connectivity index (χ1) is 7.56. The summed E-state index contributed by atoms with van der Waals surface area (Å²) in [5.74, 6) is -1.16. The van der Waals surface area contributed by atoms with Gasteiger partial charge < -0.3 is 9.67 Å². The number of hydrogen-bond donors (Lipinski definition) is 1. The van der Waals surface area contributed by atoms with Gasteiger partial charge in [-0.25, -0.2) is 4.79 Å². The van der Waals surface area contributed by atoms with E-state index in [4.69, 9.17) is 5.11 Å². The first-order valence-electron chi connectivity index (χ1n) is 4.75. The summed E-state index contributed by atoms with van der Waals surface area (Å²) in [5, 5.41) is 19.4. The molecule has 0 saturated carbocycles. The highest BCUT2D eigenvalue weighted by molar-refractivity contribution is 5.86. The number of carboxylic acid groups (broad SMARTS) is 1. The Bertz CT molecular complexity index is 422. The Morgan fingerprint density at radius 2 is 2.38 bits per heavy atom. The van der Waals surface area contributed by atoms with Gasteiger partial charge in [-0.1, -0.05) is 6.08 Å². The number of carboxylic acids is 1. The number of unbranched alkanes of at least 4 members (excludes halogenated alkanes) is 1. The molecular formula is C10H12N2O4. The molecule has 0 amide bonds. The minimum absolute atomic E-state index is 0.0595. The molecule has 0 fully saturated rings. The molecule has 1 rings (SSSR count). The van der Waals surface area contributed by atoms with Crippen LogP contribution in [0.5, 0.6) is 0 Å². The third-order valence-corrected chi connectivity index (χ3v) is 2.12. The second kappa shape index (κ2) is 5.11. The van der Waals surface area contributed by atoms with Crippen LogP contribution in [0.4, 0.5) is 5.69 Å². The van der Waals surface area contributed by atoms with E-state index >= 15 is 0 Å². The van der Waals surface area contributed by atoms with Crippen molar-refractivity contribution in [2.24, 2.45) is 0 Å². The smallest absolute Gasteiger partial charge is 0.352 e. The van der Waals surface area contributed by atoms with Crippen molar-refractivity contribution in [3.63, 3.8) is 0 Å². The number of allylic oxidation sites excluding steroid dienone is 1. The van der Waals surface area contributed by atoms with Crippen molar-refractivity contribution in [2.75, 3.05) is 0 Å². The summed E-state index contributed by atoms with van der Waals surface area (Å²) >= 11 is 0. The standard InChI is InChI=1S/C10H12N2O4/c1-2-3-4-5-11-7-8(12(15)16)6-9(11)10(13)14/h2,6-7H,1,3-5H2,(H,13,14). The predicted octanol–water partition coefficient (Wildman–Crippen LogP) is 2.06. The molecule has 0 aliphatic heterocycles. The van der Waals surface area contributed by atoms with Gasteiger partial charge >= 0.3 is 5.97 Å². The Labute approximate surface area is 92.0 Å². The summed E-state index contributed by atoms with van der Waals surface area (Å²) in [4.78, 5) is 20.7. The summed E-state index contributed by atoms with van der Waals surface area (Å²) < 4.78 is 1.38. The lowest BCUT2D eigenvalue weighted by atomic mass is 10.3. The minimum atomic E-state index is -1.16. The lowest BCUT2D eigenvalue weighted by Crippen LogP contribution is -2.07. The van der Waals surface area contributed by atoms with Gasteiger partial charge in [-0.3, -0.25) is 10.1 Å². The number of carbonyl (C=O) groups is 1. The number of nitrogens with zero attached hydrogens (tertiary/aromatic N) is 2. The molecule has 16 heavy (non-hydrogen) atoms.